The molecule has 0 atom stereocenters. The minimum atomic E-state index is -3.57. The van der Waals surface area contributed by atoms with E-state index in [2.05, 4.69) is 53.9 Å². The van der Waals surface area contributed by atoms with Gasteiger partial charge in [0.2, 0.25) is 10.0 Å². The number of carbonyl (C=O) groups excluding carboxylic acids is 1. The Labute approximate surface area is 176 Å². The van der Waals surface area contributed by atoms with Crippen LogP contribution in [-0.4, -0.2) is 32.8 Å². The molecule has 0 aromatic heterocycles. The fourth-order valence-corrected chi connectivity index (χ4v) is 4.46. The Morgan fingerprint density at radius 3 is 2.26 bits per heavy atom. The SMILES string of the molecule is CC(C)(C)C1CCC(=NNC(=O)CN(c2ccc(I)cc2)S(C)(=O)=O)CC1. The average Bonchev–Trinajstić information content (AvgIpc) is 2.57. The van der Waals surface area contributed by atoms with E-state index < -0.39 is 15.9 Å². The molecule has 1 aliphatic rings. The van der Waals surface area contributed by atoms with E-state index in [1.807, 2.05) is 0 Å². The van der Waals surface area contributed by atoms with Crippen molar-refractivity contribution in [1.82, 2.24) is 5.43 Å². The number of carbonyl (C=O) groups is 1. The highest BCUT2D eigenvalue weighted by molar-refractivity contribution is 14.1. The van der Waals surface area contributed by atoms with Crippen LogP contribution in [0.4, 0.5) is 5.69 Å². The third kappa shape index (κ3) is 6.74. The highest BCUT2D eigenvalue weighted by Gasteiger charge is 2.28. The van der Waals surface area contributed by atoms with Gasteiger partial charge in [-0.05, 0) is 83.9 Å². The Hall–Kier alpha value is -1.16. The van der Waals surface area contributed by atoms with Crippen LogP contribution in [0.5, 0.6) is 0 Å². The van der Waals surface area contributed by atoms with Crippen LogP contribution in [0.15, 0.2) is 29.4 Å². The summed E-state index contributed by atoms with van der Waals surface area (Å²) in [7, 11) is -3.57. The fraction of sp³-hybridized carbons (Fsp3) is 0.579. The summed E-state index contributed by atoms with van der Waals surface area (Å²) < 4.78 is 26.3. The number of hydrogen-bond acceptors (Lipinski definition) is 4. The molecule has 0 bridgehead atoms. The second-order valence-electron chi connectivity index (χ2n) is 8.10. The van der Waals surface area contributed by atoms with Gasteiger partial charge in [0.25, 0.3) is 5.91 Å². The van der Waals surface area contributed by atoms with E-state index in [0.717, 1.165) is 45.5 Å². The highest BCUT2D eigenvalue weighted by Crippen LogP contribution is 2.36. The van der Waals surface area contributed by atoms with Gasteiger partial charge in [-0.25, -0.2) is 13.8 Å². The number of hydrazone groups is 1. The zero-order chi connectivity index (χ0) is 20.2. The lowest BCUT2D eigenvalue weighted by molar-refractivity contribution is -0.119. The number of anilines is 1. The molecule has 1 saturated carbocycles. The van der Waals surface area contributed by atoms with Gasteiger partial charge in [0, 0.05) is 9.28 Å². The lowest BCUT2D eigenvalue weighted by Crippen LogP contribution is -2.39. The lowest BCUT2D eigenvalue weighted by Gasteiger charge is -2.34. The van der Waals surface area contributed by atoms with Crippen LogP contribution >= 0.6 is 22.6 Å². The summed E-state index contributed by atoms with van der Waals surface area (Å²) in [5.74, 6) is 0.221. The van der Waals surface area contributed by atoms with Gasteiger partial charge in [-0.2, -0.15) is 5.10 Å². The van der Waals surface area contributed by atoms with Crippen LogP contribution in [0.25, 0.3) is 0 Å². The normalized spacial score (nSPS) is 18.1. The molecule has 1 N–H and O–H groups in total. The van der Waals surface area contributed by atoms with Gasteiger partial charge in [-0.1, -0.05) is 20.8 Å². The predicted octanol–water partition coefficient (Wildman–Crippen LogP) is 3.77. The molecule has 0 unspecified atom stereocenters. The van der Waals surface area contributed by atoms with E-state index in [-0.39, 0.29) is 12.0 Å². The molecule has 27 heavy (non-hydrogen) atoms. The summed E-state index contributed by atoms with van der Waals surface area (Å²) in [6, 6.07) is 6.99. The molecular formula is C19H28IN3O3S. The molecule has 1 amide bonds. The van der Waals surface area contributed by atoms with Crippen molar-refractivity contribution < 1.29 is 13.2 Å². The maximum absolute atomic E-state index is 12.3. The largest absolute Gasteiger partial charge is 0.271 e. The minimum absolute atomic E-state index is 0.290. The number of nitrogens with zero attached hydrogens (tertiary/aromatic N) is 2. The fourth-order valence-electron chi connectivity index (χ4n) is 3.24. The standard InChI is InChI=1S/C19H28IN3O3S/c1-19(2,3)14-5-9-16(10-6-14)21-22-18(24)13-23(27(4,25)26)17-11-7-15(20)8-12-17/h7-8,11-12,14H,5-6,9-10,13H2,1-4H3,(H,22,24). The molecule has 0 aliphatic heterocycles. The van der Waals surface area contributed by atoms with E-state index in [0.29, 0.717) is 11.6 Å². The van der Waals surface area contributed by atoms with Crippen molar-refractivity contribution in [3.05, 3.63) is 27.8 Å². The topological polar surface area (TPSA) is 78.8 Å². The summed E-state index contributed by atoms with van der Waals surface area (Å²) in [6.07, 6.45) is 4.97. The molecule has 1 aromatic rings. The van der Waals surface area contributed by atoms with Crippen LogP contribution in [0.1, 0.15) is 46.5 Å². The Bertz CT molecular complexity index is 788. The van der Waals surface area contributed by atoms with E-state index in [4.69, 9.17) is 0 Å². The Morgan fingerprint density at radius 1 is 1.22 bits per heavy atom. The molecule has 1 aliphatic carbocycles. The van der Waals surface area contributed by atoms with Crippen molar-refractivity contribution >= 4 is 49.9 Å². The van der Waals surface area contributed by atoms with E-state index >= 15 is 0 Å². The molecule has 150 valence electrons. The van der Waals surface area contributed by atoms with Gasteiger partial charge in [-0.3, -0.25) is 9.10 Å². The molecule has 0 spiro atoms. The van der Waals surface area contributed by atoms with E-state index in [1.54, 1.807) is 24.3 Å². The van der Waals surface area contributed by atoms with Crippen molar-refractivity contribution in [3.8, 4) is 0 Å². The molecule has 0 radical (unpaired) electrons. The van der Waals surface area contributed by atoms with Crippen LogP contribution in [0.3, 0.4) is 0 Å². The summed E-state index contributed by atoms with van der Waals surface area (Å²) in [5.41, 5.74) is 4.26. The first kappa shape index (κ1) is 22.1. The van der Waals surface area contributed by atoms with Gasteiger partial charge < -0.3 is 0 Å². The summed E-state index contributed by atoms with van der Waals surface area (Å²) in [6.45, 7) is 6.48. The van der Waals surface area contributed by atoms with Gasteiger partial charge in [-0.15, -0.1) is 0 Å². The first-order chi connectivity index (χ1) is 12.5. The quantitative estimate of drug-likeness (QED) is 0.489. The molecule has 0 saturated heterocycles. The molecule has 0 heterocycles. The number of halogens is 1. The summed E-state index contributed by atoms with van der Waals surface area (Å²) in [5, 5.41) is 4.24. The Morgan fingerprint density at radius 2 is 1.78 bits per heavy atom. The van der Waals surface area contributed by atoms with Crippen LogP contribution in [0.2, 0.25) is 0 Å². The van der Waals surface area contributed by atoms with Gasteiger partial charge in [0.1, 0.15) is 6.54 Å². The average molecular weight is 505 g/mol. The molecule has 1 aromatic carbocycles. The maximum atomic E-state index is 12.3. The van der Waals surface area contributed by atoms with Crippen molar-refractivity contribution in [2.24, 2.45) is 16.4 Å². The molecule has 1 fully saturated rings. The molecular weight excluding hydrogens is 477 g/mol. The number of benzene rings is 1. The monoisotopic (exact) mass is 505 g/mol. The van der Waals surface area contributed by atoms with Crippen LogP contribution in [0, 0.1) is 14.9 Å². The Kier molecular flexibility index (Phi) is 7.29. The predicted molar refractivity (Wildman–Crippen MR) is 118 cm³/mol. The smallest absolute Gasteiger partial charge is 0.260 e. The minimum Gasteiger partial charge on any atom is -0.271 e. The number of hydrogen-bond donors (Lipinski definition) is 1. The second kappa shape index (κ2) is 8.89. The third-order valence-electron chi connectivity index (χ3n) is 4.93. The highest BCUT2D eigenvalue weighted by atomic mass is 127. The van der Waals surface area contributed by atoms with Crippen molar-refractivity contribution in [2.75, 3.05) is 17.1 Å². The number of nitrogens with one attached hydrogen (secondary N) is 1. The second-order valence-corrected chi connectivity index (χ2v) is 11.3. The van der Waals surface area contributed by atoms with Crippen molar-refractivity contribution in [1.29, 1.82) is 0 Å². The zero-order valence-corrected chi connectivity index (χ0v) is 19.3. The van der Waals surface area contributed by atoms with Gasteiger partial charge in [0.15, 0.2) is 0 Å². The third-order valence-corrected chi connectivity index (χ3v) is 6.79. The van der Waals surface area contributed by atoms with Gasteiger partial charge in [0.05, 0.1) is 11.9 Å². The number of amides is 1. The Balaban J connectivity index is 1.98. The number of sulfonamides is 1. The van der Waals surface area contributed by atoms with E-state index in [1.165, 1.54) is 0 Å². The summed E-state index contributed by atoms with van der Waals surface area (Å²) >= 11 is 2.15. The maximum Gasteiger partial charge on any atom is 0.260 e. The molecule has 8 heteroatoms. The van der Waals surface area contributed by atoms with Crippen LogP contribution < -0.4 is 9.73 Å². The number of rotatable bonds is 5. The van der Waals surface area contributed by atoms with Crippen molar-refractivity contribution in [3.63, 3.8) is 0 Å². The molecule has 2 rings (SSSR count). The molecule has 6 nitrogen and oxygen atoms in total. The van der Waals surface area contributed by atoms with Gasteiger partial charge >= 0.3 is 0 Å². The van der Waals surface area contributed by atoms with E-state index in [9.17, 15) is 13.2 Å². The van der Waals surface area contributed by atoms with Crippen LogP contribution in [-0.2, 0) is 14.8 Å². The van der Waals surface area contributed by atoms with Crippen molar-refractivity contribution in [2.45, 2.75) is 46.5 Å². The lowest BCUT2D eigenvalue weighted by atomic mass is 9.72. The first-order valence-corrected chi connectivity index (χ1v) is 12.0. The first-order valence-electron chi connectivity index (χ1n) is 9.04. The summed E-state index contributed by atoms with van der Waals surface area (Å²) in [4.78, 5) is 12.3. The zero-order valence-electron chi connectivity index (χ0n) is 16.3.